The lowest BCUT2D eigenvalue weighted by molar-refractivity contribution is 0.112. The highest BCUT2D eigenvalue weighted by Crippen LogP contribution is 1.98. The summed E-state index contributed by atoms with van der Waals surface area (Å²) in [4.78, 5) is 2.23. The van der Waals surface area contributed by atoms with Crippen molar-refractivity contribution in [1.29, 1.82) is 0 Å². The third kappa shape index (κ3) is 4.70. The molecular weight excluding hydrogens is 152 g/mol. The smallest absolute Gasteiger partial charge is 0.0615 e. The van der Waals surface area contributed by atoms with Crippen molar-refractivity contribution in [1.82, 2.24) is 4.90 Å². The number of ether oxygens (including phenoxy) is 1. The number of likely N-dealkylation sites (N-methyl/N-ethyl adjacent to an activating group) is 1. The molecule has 0 saturated heterocycles. The summed E-state index contributed by atoms with van der Waals surface area (Å²) in [6.07, 6.45) is 1.03. The molecule has 3 heteroatoms. The van der Waals surface area contributed by atoms with Gasteiger partial charge in [0.1, 0.15) is 0 Å². The van der Waals surface area contributed by atoms with Gasteiger partial charge in [-0.05, 0) is 20.4 Å². The summed E-state index contributed by atoms with van der Waals surface area (Å²) < 4.78 is 5.06. The van der Waals surface area contributed by atoms with Gasteiger partial charge in [0.05, 0.1) is 6.61 Å². The number of rotatable bonds is 6. The highest BCUT2D eigenvalue weighted by Gasteiger charge is 2.10. The Balaban J connectivity index is 3.62. The Morgan fingerprint density at radius 2 is 2.08 bits per heavy atom. The first-order valence-corrected chi connectivity index (χ1v) is 4.56. The van der Waals surface area contributed by atoms with Crippen molar-refractivity contribution < 1.29 is 4.74 Å². The van der Waals surface area contributed by atoms with Crippen molar-refractivity contribution in [3.63, 3.8) is 0 Å². The highest BCUT2D eigenvalue weighted by atomic mass is 16.5. The number of hydrogen-bond donors (Lipinski definition) is 1. The lowest BCUT2D eigenvalue weighted by Crippen LogP contribution is -2.41. The van der Waals surface area contributed by atoms with Crippen LogP contribution in [-0.2, 0) is 4.74 Å². The van der Waals surface area contributed by atoms with E-state index in [1.165, 1.54) is 0 Å². The molecular formula is C9H22N2O. The Morgan fingerprint density at radius 1 is 1.50 bits per heavy atom. The molecule has 0 rings (SSSR count). The third-order valence-electron chi connectivity index (χ3n) is 2.21. The van der Waals surface area contributed by atoms with Gasteiger partial charge in [-0.3, -0.25) is 4.90 Å². The van der Waals surface area contributed by atoms with Crippen LogP contribution in [0.3, 0.4) is 0 Å². The minimum Gasteiger partial charge on any atom is -0.383 e. The molecule has 2 unspecified atom stereocenters. The number of nitrogens with two attached hydrogens (primary N) is 1. The van der Waals surface area contributed by atoms with Crippen molar-refractivity contribution in [2.75, 3.05) is 27.3 Å². The van der Waals surface area contributed by atoms with Crippen LogP contribution >= 0.6 is 0 Å². The molecule has 0 heterocycles. The van der Waals surface area contributed by atoms with Gasteiger partial charge in [-0.15, -0.1) is 0 Å². The molecule has 0 fully saturated rings. The van der Waals surface area contributed by atoms with Gasteiger partial charge in [0.2, 0.25) is 0 Å². The maximum absolute atomic E-state index is 5.83. The Kier molecular flexibility index (Phi) is 6.34. The van der Waals surface area contributed by atoms with Crippen LogP contribution < -0.4 is 5.73 Å². The number of nitrogens with zero attached hydrogens (tertiary/aromatic N) is 1. The summed E-state index contributed by atoms with van der Waals surface area (Å²) in [5.74, 6) is 0. The van der Waals surface area contributed by atoms with Gasteiger partial charge in [0, 0.05) is 25.7 Å². The van der Waals surface area contributed by atoms with E-state index in [4.69, 9.17) is 10.5 Å². The van der Waals surface area contributed by atoms with Gasteiger partial charge in [-0.25, -0.2) is 0 Å². The summed E-state index contributed by atoms with van der Waals surface area (Å²) in [5, 5.41) is 0. The second-order valence-corrected chi connectivity index (χ2v) is 3.41. The molecule has 3 nitrogen and oxygen atoms in total. The average molecular weight is 174 g/mol. The predicted molar refractivity (Wildman–Crippen MR) is 52.2 cm³/mol. The summed E-state index contributed by atoms with van der Waals surface area (Å²) >= 11 is 0. The SMILES string of the molecule is CCC(N)CN(C)C(C)COC. The van der Waals surface area contributed by atoms with Crippen molar-refractivity contribution in [3.8, 4) is 0 Å². The van der Waals surface area contributed by atoms with E-state index in [0.29, 0.717) is 6.04 Å². The minimum absolute atomic E-state index is 0.286. The molecule has 0 saturated carbocycles. The molecule has 0 aliphatic carbocycles. The van der Waals surface area contributed by atoms with Crippen molar-refractivity contribution in [2.24, 2.45) is 5.73 Å². The van der Waals surface area contributed by atoms with Crippen LogP contribution in [0, 0.1) is 0 Å². The Morgan fingerprint density at radius 3 is 2.50 bits per heavy atom. The fourth-order valence-corrected chi connectivity index (χ4v) is 1.05. The van der Waals surface area contributed by atoms with E-state index in [0.717, 1.165) is 19.6 Å². The highest BCUT2D eigenvalue weighted by molar-refractivity contribution is 4.68. The zero-order valence-corrected chi connectivity index (χ0v) is 8.71. The van der Waals surface area contributed by atoms with Gasteiger partial charge < -0.3 is 10.5 Å². The Hall–Kier alpha value is -0.120. The van der Waals surface area contributed by atoms with Gasteiger partial charge in [0.15, 0.2) is 0 Å². The van der Waals surface area contributed by atoms with Crippen molar-refractivity contribution in [3.05, 3.63) is 0 Å². The molecule has 0 spiro atoms. The van der Waals surface area contributed by atoms with Crippen LogP contribution in [0.15, 0.2) is 0 Å². The Labute approximate surface area is 75.9 Å². The van der Waals surface area contributed by atoms with Gasteiger partial charge >= 0.3 is 0 Å². The third-order valence-corrected chi connectivity index (χ3v) is 2.21. The van der Waals surface area contributed by atoms with Crippen LogP contribution in [0.25, 0.3) is 0 Å². The van der Waals surface area contributed by atoms with E-state index in [1.807, 2.05) is 0 Å². The molecule has 0 radical (unpaired) electrons. The second kappa shape index (κ2) is 6.40. The first-order chi connectivity index (χ1) is 5.61. The topological polar surface area (TPSA) is 38.5 Å². The number of methoxy groups -OCH3 is 1. The largest absolute Gasteiger partial charge is 0.383 e. The van der Waals surface area contributed by atoms with E-state index in [1.54, 1.807) is 7.11 Å². The molecule has 74 valence electrons. The molecule has 0 aromatic rings. The normalized spacial score (nSPS) is 16.5. The zero-order valence-electron chi connectivity index (χ0n) is 8.71. The molecule has 0 aliphatic heterocycles. The van der Waals surface area contributed by atoms with Crippen LogP contribution in [0.5, 0.6) is 0 Å². The van der Waals surface area contributed by atoms with Gasteiger partial charge in [-0.2, -0.15) is 0 Å². The molecule has 2 atom stereocenters. The van der Waals surface area contributed by atoms with E-state index in [2.05, 4.69) is 25.8 Å². The molecule has 12 heavy (non-hydrogen) atoms. The van der Waals surface area contributed by atoms with Crippen LogP contribution in [0.4, 0.5) is 0 Å². The second-order valence-electron chi connectivity index (χ2n) is 3.41. The maximum Gasteiger partial charge on any atom is 0.0615 e. The summed E-state index contributed by atoms with van der Waals surface area (Å²) in [6.45, 7) is 5.97. The number of hydrogen-bond acceptors (Lipinski definition) is 3. The lowest BCUT2D eigenvalue weighted by Gasteiger charge is -2.26. The molecule has 0 aromatic heterocycles. The summed E-state index contributed by atoms with van der Waals surface area (Å²) in [7, 11) is 3.81. The first kappa shape index (κ1) is 11.9. The lowest BCUT2D eigenvalue weighted by atomic mass is 10.2. The van der Waals surface area contributed by atoms with Crippen LogP contribution in [-0.4, -0.2) is 44.3 Å². The monoisotopic (exact) mass is 174 g/mol. The minimum atomic E-state index is 0.286. The fourth-order valence-electron chi connectivity index (χ4n) is 1.05. The quantitative estimate of drug-likeness (QED) is 0.644. The van der Waals surface area contributed by atoms with Crippen LogP contribution in [0.2, 0.25) is 0 Å². The molecule has 0 aromatic carbocycles. The van der Waals surface area contributed by atoms with E-state index < -0.39 is 0 Å². The molecule has 0 amide bonds. The van der Waals surface area contributed by atoms with Crippen LogP contribution in [0.1, 0.15) is 20.3 Å². The molecule has 0 bridgehead atoms. The van der Waals surface area contributed by atoms with E-state index >= 15 is 0 Å². The summed E-state index contributed by atoms with van der Waals surface area (Å²) in [5.41, 5.74) is 5.83. The van der Waals surface area contributed by atoms with E-state index in [9.17, 15) is 0 Å². The van der Waals surface area contributed by atoms with Crippen molar-refractivity contribution in [2.45, 2.75) is 32.4 Å². The fraction of sp³-hybridized carbons (Fsp3) is 1.00. The predicted octanol–water partition coefficient (Wildman–Crippen LogP) is 0.690. The maximum atomic E-state index is 5.83. The average Bonchev–Trinajstić information content (AvgIpc) is 2.04. The zero-order chi connectivity index (χ0) is 9.56. The van der Waals surface area contributed by atoms with Gasteiger partial charge in [0.25, 0.3) is 0 Å². The first-order valence-electron chi connectivity index (χ1n) is 4.56. The van der Waals surface area contributed by atoms with Gasteiger partial charge in [-0.1, -0.05) is 6.92 Å². The van der Waals surface area contributed by atoms with E-state index in [-0.39, 0.29) is 6.04 Å². The standard InChI is InChI=1S/C9H22N2O/c1-5-9(10)6-11(3)8(2)7-12-4/h8-9H,5-7,10H2,1-4H3. The van der Waals surface area contributed by atoms with Crippen molar-refractivity contribution >= 4 is 0 Å². The molecule has 2 N–H and O–H groups in total. The molecule has 0 aliphatic rings. The summed E-state index contributed by atoms with van der Waals surface area (Å²) in [6, 6.07) is 0.738. The Bertz CT molecular complexity index is 109.